The zero-order chi connectivity index (χ0) is 10.7. The van der Waals surface area contributed by atoms with Gasteiger partial charge >= 0.3 is 5.97 Å². The van der Waals surface area contributed by atoms with Gasteiger partial charge in [0.15, 0.2) is 17.2 Å². The summed E-state index contributed by atoms with van der Waals surface area (Å²) in [7, 11) is 2.64. The van der Waals surface area contributed by atoms with Gasteiger partial charge in [0.05, 0.1) is 14.2 Å². The number of aromatic hydroxyl groups is 1. The van der Waals surface area contributed by atoms with Gasteiger partial charge < -0.3 is 19.7 Å². The Kier molecular flexibility index (Phi) is 2.76. The van der Waals surface area contributed by atoms with Gasteiger partial charge in [-0.1, -0.05) is 0 Å². The van der Waals surface area contributed by atoms with E-state index in [1.54, 1.807) is 0 Å². The van der Waals surface area contributed by atoms with E-state index < -0.39 is 17.4 Å². The lowest BCUT2D eigenvalue weighted by Crippen LogP contribution is -2.03. The van der Waals surface area contributed by atoms with E-state index in [-0.39, 0.29) is 11.6 Å². The van der Waals surface area contributed by atoms with Gasteiger partial charge in [-0.05, 0) is 0 Å². The van der Waals surface area contributed by atoms with E-state index in [9.17, 15) is 9.90 Å². The molecule has 0 unspecified atom stereocenters. The molecule has 0 aliphatic rings. The Balaban J connectivity index is 3.34. The van der Waals surface area contributed by atoms with Crippen LogP contribution in [0.4, 0.5) is 0 Å². The van der Waals surface area contributed by atoms with E-state index in [1.807, 2.05) is 0 Å². The number of nitrogens with zero attached hydrogens (tertiary/aromatic N) is 1. The third-order valence-electron chi connectivity index (χ3n) is 1.57. The SMILES string of the molecule is COc1cc(OC)c(O)c(C(=O)O)n1. The molecule has 1 heterocycles. The highest BCUT2D eigenvalue weighted by atomic mass is 16.5. The summed E-state index contributed by atoms with van der Waals surface area (Å²) in [4.78, 5) is 14.2. The molecule has 0 bridgehead atoms. The van der Waals surface area contributed by atoms with Crippen LogP contribution in [0.25, 0.3) is 0 Å². The third-order valence-corrected chi connectivity index (χ3v) is 1.57. The highest BCUT2D eigenvalue weighted by Gasteiger charge is 2.18. The van der Waals surface area contributed by atoms with Crippen molar-refractivity contribution in [3.63, 3.8) is 0 Å². The maximum atomic E-state index is 10.6. The number of ether oxygens (including phenoxy) is 2. The van der Waals surface area contributed by atoms with Gasteiger partial charge in [-0.3, -0.25) is 0 Å². The van der Waals surface area contributed by atoms with Crippen LogP contribution in [-0.2, 0) is 0 Å². The molecule has 0 aliphatic carbocycles. The van der Waals surface area contributed by atoms with Crippen LogP contribution in [0, 0.1) is 0 Å². The molecule has 0 saturated heterocycles. The van der Waals surface area contributed by atoms with E-state index in [1.165, 1.54) is 20.3 Å². The number of methoxy groups -OCH3 is 2. The third kappa shape index (κ3) is 1.68. The average molecular weight is 199 g/mol. The first-order valence-electron chi connectivity index (χ1n) is 3.65. The van der Waals surface area contributed by atoms with Gasteiger partial charge in [-0.2, -0.15) is 0 Å². The van der Waals surface area contributed by atoms with E-state index in [0.29, 0.717) is 0 Å². The second kappa shape index (κ2) is 3.82. The summed E-state index contributed by atoms with van der Waals surface area (Å²) < 4.78 is 9.48. The summed E-state index contributed by atoms with van der Waals surface area (Å²) >= 11 is 0. The first-order valence-corrected chi connectivity index (χ1v) is 3.65. The quantitative estimate of drug-likeness (QED) is 0.736. The molecule has 0 aliphatic heterocycles. The fourth-order valence-electron chi connectivity index (χ4n) is 0.902. The van der Waals surface area contributed by atoms with Crippen molar-refractivity contribution in [2.24, 2.45) is 0 Å². The van der Waals surface area contributed by atoms with Gasteiger partial charge in [0, 0.05) is 6.07 Å². The minimum absolute atomic E-state index is 0.00856. The second-order valence-electron chi connectivity index (χ2n) is 2.37. The summed E-state index contributed by atoms with van der Waals surface area (Å²) in [5.74, 6) is -1.79. The minimum atomic E-state index is -1.35. The molecular formula is C8H9NO5. The highest BCUT2D eigenvalue weighted by Crippen LogP contribution is 2.31. The molecule has 1 aromatic rings. The molecule has 1 aromatic heterocycles. The van der Waals surface area contributed by atoms with Crippen LogP contribution < -0.4 is 9.47 Å². The molecule has 0 radical (unpaired) electrons. The Morgan fingerprint density at radius 3 is 2.50 bits per heavy atom. The van der Waals surface area contributed by atoms with Crippen molar-refractivity contribution in [2.75, 3.05) is 14.2 Å². The number of rotatable bonds is 3. The Morgan fingerprint density at radius 2 is 2.07 bits per heavy atom. The maximum absolute atomic E-state index is 10.6. The van der Waals surface area contributed by atoms with Crippen molar-refractivity contribution >= 4 is 5.97 Å². The van der Waals surface area contributed by atoms with Gasteiger partial charge in [0.25, 0.3) is 0 Å². The molecule has 14 heavy (non-hydrogen) atoms. The highest BCUT2D eigenvalue weighted by molar-refractivity contribution is 5.89. The maximum Gasteiger partial charge on any atom is 0.358 e. The monoisotopic (exact) mass is 199 g/mol. The Labute approximate surface area is 79.7 Å². The normalized spacial score (nSPS) is 9.57. The first-order chi connectivity index (χ1) is 6.60. The molecule has 76 valence electrons. The lowest BCUT2D eigenvalue weighted by atomic mass is 10.3. The lowest BCUT2D eigenvalue weighted by Gasteiger charge is -2.07. The van der Waals surface area contributed by atoms with Crippen molar-refractivity contribution in [3.8, 4) is 17.4 Å². The Bertz CT molecular complexity index is 363. The molecule has 0 fully saturated rings. The number of hydrogen-bond acceptors (Lipinski definition) is 5. The first kappa shape index (κ1) is 10.1. The smallest absolute Gasteiger partial charge is 0.358 e. The van der Waals surface area contributed by atoms with Gasteiger partial charge in [-0.15, -0.1) is 0 Å². The number of aromatic carboxylic acids is 1. The number of carboxylic acid groups (broad SMARTS) is 1. The zero-order valence-electron chi connectivity index (χ0n) is 7.64. The largest absolute Gasteiger partial charge is 0.503 e. The van der Waals surface area contributed by atoms with Crippen molar-refractivity contribution < 1.29 is 24.5 Å². The van der Waals surface area contributed by atoms with Crippen LogP contribution in [-0.4, -0.2) is 35.4 Å². The molecule has 6 nitrogen and oxygen atoms in total. The molecule has 1 rings (SSSR count). The molecule has 0 saturated carbocycles. The number of pyridine rings is 1. The van der Waals surface area contributed by atoms with Crippen LogP contribution in [0.3, 0.4) is 0 Å². The standard InChI is InChI=1S/C8H9NO5/c1-13-4-3-5(14-2)9-6(7(4)10)8(11)12/h3,10H,1-2H3,(H,11,12). The fourth-order valence-corrected chi connectivity index (χ4v) is 0.902. The van der Waals surface area contributed by atoms with Gasteiger partial charge in [-0.25, -0.2) is 9.78 Å². The van der Waals surface area contributed by atoms with Crippen LogP contribution in [0.5, 0.6) is 17.4 Å². The van der Waals surface area contributed by atoms with E-state index in [4.69, 9.17) is 14.6 Å². The summed E-state index contributed by atoms with van der Waals surface area (Å²) in [5, 5.41) is 18.0. The topological polar surface area (TPSA) is 88.9 Å². The van der Waals surface area contributed by atoms with Crippen molar-refractivity contribution in [2.45, 2.75) is 0 Å². The van der Waals surface area contributed by atoms with Crippen molar-refractivity contribution in [1.82, 2.24) is 4.98 Å². The molecule has 0 amide bonds. The number of carboxylic acids is 1. The number of hydrogen-bond donors (Lipinski definition) is 2. The molecule has 0 aromatic carbocycles. The molecule has 0 atom stereocenters. The zero-order valence-corrected chi connectivity index (χ0v) is 7.64. The van der Waals surface area contributed by atoms with E-state index in [2.05, 4.69) is 4.98 Å². The minimum Gasteiger partial charge on any atom is -0.503 e. The van der Waals surface area contributed by atoms with Crippen LogP contribution in [0.15, 0.2) is 6.07 Å². The number of aromatic nitrogens is 1. The predicted octanol–water partition coefficient (Wildman–Crippen LogP) is 0.503. The summed E-state index contributed by atoms with van der Waals surface area (Å²) in [6, 6.07) is 1.29. The van der Waals surface area contributed by atoms with Gasteiger partial charge in [0.2, 0.25) is 5.88 Å². The number of carbonyl (C=O) groups is 1. The molecular weight excluding hydrogens is 190 g/mol. The summed E-state index contributed by atoms with van der Waals surface area (Å²) in [6.07, 6.45) is 0. The van der Waals surface area contributed by atoms with Crippen LogP contribution >= 0.6 is 0 Å². The molecule has 0 spiro atoms. The summed E-state index contributed by atoms with van der Waals surface area (Å²) in [6.45, 7) is 0. The Morgan fingerprint density at radius 1 is 1.43 bits per heavy atom. The van der Waals surface area contributed by atoms with Crippen molar-refractivity contribution in [1.29, 1.82) is 0 Å². The van der Waals surface area contributed by atoms with Crippen LogP contribution in [0.1, 0.15) is 10.5 Å². The lowest BCUT2D eigenvalue weighted by molar-refractivity contribution is 0.0685. The van der Waals surface area contributed by atoms with Gasteiger partial charge in [0.1, 0.15) is 0 Å². The van der Waals surface area contributed by atoms with E-state index >= 15 is 0 Å². The molecule has 2 N–H and O–H groups in total. The molecule has 6 heteroatoms. The summed E-state index contributed by atoms with van der Waals surface area (Å²) in [5.41, 5.74) is -0.499. The second-order valence-corrected chi connectivity index (χ2v) is 2.37. The van der Waals surface area contributed by atoms with E-state index in [0.717, 1.165) is 0 Å². The van der Waals surface area contributed by atoms with Crippen molar-refractivity contribution in [3.05, 3.63) is 11.8 Å². The fraction of sp³-hybridized carbons (Fsp3) is 0.250. The van der Waals surface area contributed by atoms with Crippen LogP contribution in [0.2, 0.25) is 0 Å². The Hall–Kier alpha value is -1.98. The average Bonchev–Trinajstić information content (AvgIpc) is 2.17. The predicted molar refractivity (Wildman–Crippen MR) is 46.0 cm³/mol.